The number of benzene rings is 2. The lowest BCUT2D eigenvalue weighted by Gasteiger charge is -2.40. The fourth-order valence-electron chi connectivity index (χ4n) is 5.19. The molecule has 2 aromatic carbocycles. The molecule has 35 heavy (non-hydrogen) atoms. The second kappa shape index (κ2) is 10.5. The summed E-state index contributed by atoms with van der Waals surface area (Å²) >= 11 is 0. The molecule has 1 fully saturated rings. The summed E-state index contributed by atoms with van der Waals surface area (Å²) in [5.41, 5.74) is 3.11. The maximum atomic E-state index is 13.3. The molecule has 1 saturated heterocycles. The van der Waals surface area contributed by atoms with Crippen LogP contribution in [0.3, 0.4) is 0 Å². The molecule has 6 nitrogen and oxygen atoms in total. The van der Waals surface area contributed by atoms with Gasteiger partial charge in [-0.05, 0) is 69.7 Å². The van der Waals surface area contributed by atoms with Gasteiger partial charge in [-0.1, -0.05) is 42.5 Å². The van der Waals surface area contributed by atoms with E-state index in [9.17, 15) is 9.59 Å². The SMILES string of the molecule is CCOC(=O)c1ccccc1CC(CN1CCC2(CC1)OCc1ccccc12)C(=O)OC(C)(C)C. The number of hydrogen-bond donors (Lipinski definition) is 0. The van der Waals surface area contributed by atoms with E-state index in [1.807, 2.05) is 39.0 Å². The molecule has 4 rings (SSSR count). The minimum atomic E-state index is -0.580. The molecule has 188 valence electrons. The molecule has 1 atom stereocenters. The predicted molar refractivity (Wildman–Crippen MR) is 134 cm³/mol. The van der Waals surface area contributed by atoms with Gasteiger partial charge in [-0.15, -0.1) is 0 Å². The number of ether oxygens (including phenoxy) is 3. The first-order valence-corrected chi connectivity index (χ1v) is 12.6. The number of hydrogen-bond acceptors (Lipinski definition) is 6. The molecule has 0 bridgehead atoms. The van der Waals surface area contributed by atoms with Crippen LogP contribution in [0.1, 0.15) is 67.6 Å². The van der Waals surface area contributed by atoms with E-state index >= 15 is 0 Å². The molecule has 0 saturated carbocycles. The summed E-state index contributed by atoms with van der Waals surface area (Å²) in [5.74, 6) is -0.988. The van der Waals surface area contributed by atoms with Crippen molar-refractivity contribution in [3.63, 3.8) is 0 Å². The normalized spacial score (nSPS) is 18.2. The van der Waals surface area contributed by atoms with Crippen molar-refractivity contribution in [2.75, 3.05) is 26.2 Å². The lowest BCUT2D eigenvalue weighted by atomic mass is 9.83. The Morgan fingerprint density at radius 2 is 1.74 bits per heavy atom. The van der Waals surface area contributed by atoms with Gasteiger partial charge in [-0.2, -0.15) is 0 Å². The average Bonchev–Trinajstić information content (AvgIpc) is 3.18. The molecule has 1 unspecified atom stereocenters. The van der Waals surface area contributed by atoms with E-state index < -0.39 is 11.5 Å². The summed E-state index contributed by atoms with van der Waals surface area (Å²) in [6, 6.07) is 15.9. The van der Waals surface area contributed by atoms with Crippen LogP contribution in [0.5, 0.6) is 0 Å². The highest BCUT2D eigenvalue weighted by Crippen LogP contribution is 2.44. The van der Waals surface area contributed by atoms with Crippen molar-refractivity contribution < 1.29 is 23.8 Å². The Morgan fingerprint density at radius 3 is 2.46 bits per heavy atom. The number of carbonyl (C=O) groups excluding carboxylic acids is 2. The van der Waals surface area contributed by atoms with Gasteiger partial charge in [-0.25, -0.2) is 4.79 Å². The molecule has 2 heterocycles. The summed E-state index contributed by atoms with van der Waals surface area (Å²) in [5, 5.41) is 0. The summed E-state index contributed by atoms with van der Waals surface area (Å²) in [7, 11) is 0. The zero-order valence-corrected chi connectivity index (χ0v) is 21.3. The molecule has 0 amide bonds. The lowest BCUT2D eigenvalue weighted by Crippen LogP contribution is -2.46. The molecule has 2 aliphatic rings. The number of rotatable bonds is 7. The number of fused-ring (bicyclic) bond motifs is 2. The molecule has 0 N–H and O–H groups in total. The van der Waals surface area contributed by atoms with Crippen LogP contribution in [0.15, 0.2) is 48.5 Å². The Bertz CT molecular complexity index is 1050. The first-order valence-electron chi connectivity index (χ1n) is 12.6. The van der Waals surface area contributed by atoms with E-state index in [0.29, 0.717) is 31.7 Å². The molecule has 1 spiro atoms. The van der Waals surface area contributed by atoms with Gasteiger partial charge in [0, 0.05) is 19.6 Å². The van der Waals surface area contributed by atoms with Crippen LogP contribution < -0.4 is 0 Å². The Hall–Kier alpha value is -2.70. The molecular formula is C29H37NO5. The van der Waals surface area contributed by atoms with Gasteiger partial charge >= 0.3 is 11.9 Å². The highest BCUT2D eigenvalue weighted by Gasteiger charge is 2.43. The monoisotopic (exact) mass is 479 g/mol. The van der Waals surface area contributed by atoms with Crippen LogP contribution in [0.25, 0.3) is 0 Å². The highest BCUT2D eigenvalue weighted by molar-refractivity contribution is 5.91. The average molecular weight is 480 g/mol. The summed E-state index contributed by atoms with van der Waals surface area (Å²) in [6.45, 7) is 10.7. The molecule has 0 radical (unpaired) electrons. The van der Waals surface area contributed by atoms with E-state index in [2.05, 4.69) is 29.2 Å². The van der Waals surface area contributed by atoms with Crippen molar-refractivity contribution in [1.82, 2.24) is 4.90 Å². The number of nitrogens with zero attached hydrogens (tertiary/aromatic N) is 1. The zero-order valence-electron chi connectivity index (χ0n) is 21.3. The second-order valence-corrected chi connectivity index (χ2v) is 10.6. The van der Waals surface area contributed by atoms with Crippen LogP contribution in [0.2, 0.25) is 0 Å². The minimum Gasteiger partial charge on any atom is -0.462 e. The number of likely N-dealkylation sites (tertiary alicyclic amines) is 1. The van der Waals surface area contributed by atoms with Gasteiger partial charge in [0.25, 0.3) is 0 Å². The minimum absolute atomic E-state index is 0.217. The maximum absolute atomic E-state index is 13.3. The predicted octanol–water partition coefficient (Wildman–Crippen LogP) is 4.89. The molecule has 2 aliphatic heterocycles. The van der Waals surface area contributed by atoms with Crippen LogP contribution in [-0.4, -0.2) is 48.7 Å². The van der Waals surface area contributed by atoms with Gasteiger partial charge in [0.15, 0.2) is 0 Å². The molecule has 0 aliphatic carbocycles. The maximum Gasteiger partial charge on any atom is 0.338 e. The standard InChI is InChI=1S/C29H37NO5/c1-5-33-27(32)24-12-8-6-10-21(24)18-23(26(31)35-28(2,3)4)19-30-16-14-29(15-17-30)25-13-9-7-11-22(25)20-34-29/h6-13,23H,5,14-20H2,1-4H3. The van der Waals surface area contributed by atoms with Gasteiger partial charge < -0.3 is 19.1 Å². The van der Waals surface area contributed by atoms with Crippen molar-refractivity contribution in [2.45, 2.75) is 64.8 Å². The Kier molecular flexibility index (Phi) is 7.62. The topological polar surface area (TPSA) is 65.1 Å². The van der Waals surface area contributed by atoms with Crippen molar-refractivity contribution in [1.29, 1.82) is 0 Å². The van der Waals surface area contributed by atoms with E-state index in [1.165, 1.54) is 11.1 Å². The third-order valence-electron chi connectivity index (χ3n) is 6.87. The van der Waals surface area contributed by atoms with E-state index in [1.54, 1.807) is 13.0 Å². The van der Waals surface area contributed by atoms with Crippen LogP contribution in [0.4, 0.5) is 0 Å². The van der Waals surface area contributed by atoms with Crippen molar-refractivity contribution in [3.8, 4) is 0 Å². The summed E-state index contributed by atoms with van der Waals surface area (Å²) < 4.78 is 17.3. The largest absolute Gasteiger partial charge is 0.462 e. The fourth-order valence-corrected chi connectivity index (χ4v) is 5.19. The lowest BCUT2D eigenvalue weighted by molar-refractivity contribution is -0.161. The van der Waals surface area contributed by atoms with Gasteiger partial charge in [-0.3, -0.25) is 4.79 Å². The molecule has 0 aromatic heterocycles. The van der Waals surface area contributed by atoms with Crippen LogP contribution >= 0.6 is 0 Å². The van der Waals surface area contributed by atoms with E-state index in [4.69, 9.17) is 14.2 Å². The quantitative estimate of drug-likeness (QED) is 0.527. The van der Waals surface area contributed by atoms with Crippen molar-refractivity contribution in [3.05, 3.63) is 70.8 Å². The molecular weight excluding hydrogens is 442 g/mol. The summed E-state index contributed by atoms with van der Waals surface area (Å²) in [4.78, 5) is 28.1. The smallest absolute Gasteiger partial charge is 0.338 e. The van der Waals surface area contributed by atoms with E-state index in [-0.39, 0.29) is 17.5 Å². The second-order valence-electron chi connectivity index (χ2n) is 10.6. The van der Waals surface area contributed by atoms with Crippen LogP contribution in [-0.2, 0) is 37.6 Å². The third-order valence-corrected chi connectivity index (χ3v) is 6.87. The number of piperidine rings is 1. The van der Waals surface area contributed by atoms with Crippen LogP contribution in [0, 0.1) is 5.92 Å². The first-order chi connectivity index (χ1) is 16.7. The van der Waals surface area contributed by atoms with Gasteiger partial charge in [0.2, 0.25) is 0 Å². The molecule has 2 aromatic rings. The fraction of sp³-hybridized carbons (Fsp3) is 0.517. The Labute approximate surface area is 208 Å². The van der Waals surface area contributed by atoms with Crippen molar-refractivity contribution in [2.24, 2.45) is 5.92 Å². The first kappa shape index (κ1) is 25.4. The number of carbonyl (C=O) groups is 2. The van der Waals surface area contributed by atoms with E-state index in [0.717, 1.165) is 31.5 Å². The summed E-state index contributed by atoms with van der Waals surface area (Å²) in [6.07, 6.45) is 2.21. The third kappa shape index (κ3) is 5.93. The highest BCUT2D eigenvalue weighted by atomic mass is 16.6. The molecule has 6 heteroatoms. The zero-order chi connectivity index (χ0) is 25.1. The van der Waals surface area contributed by atoms with Gasteiger partial charge in [0.05, 0.1) is 30.3 Å². The van der Waals surface area contributed by atoms with Gasteiger partial charge in [0.1, 0.15) is 5.60 Å². The van der Waals surface area contributed by atoms with Crippen molar-refractivity contribution >= 4 is 11.9 Å². The number of esters is 2. The Morgan fingerprint density at radius 1 is 1.06 bits per heavy atom. The Balaban J connectivity index is 1.49.